The first-order valence-corrected chi connectivity index (χ1v) is 6.94. The number of halogens is 1. The third-order valence-electron chi connectivity index (χ3n) is 3.05. The number of carbonyl (C=O) groups is 1. The molecule has 0 fully saturated rings. The topological polar surface area (TPSA) is 45.8 Å². The van der Waals surface area contributed by atoms with Crippen LogP contribution in [-0.2, 0) is 0 Å². The van der Waals surface area contributed by atoms with Gasteiger partial charge >= 0.3 is 0 Å². The van der Waals surface area contributed by atoms with E-state index in [9.17, 15) is 4.79 Å². The normalized spacial score (nSPS) is 10.4. The van der Waals surface area contributed by atoms with E-state index in [0.29, 0.717) is 11.1 Å². The molecule has 0 bridgehead atoms. The number of rotatable bonds is 3. The highest BCUT2D eigenvalue weighted by atomic mass is 79.9. The van der Waals surface area contributed by atoms with E-state index in [1.165, 1.54) is 0 Å². The Morgan fingerprint density at radius 1 is 1.00 bits per heavy atom. The lowest BCUT2D eigenvalue weighted by Gasteiger charge is -2.03. The van der Waals surface area contributed by atoms with Gasteiger partial charge in [0.1, 0.15) is 0 Å². The second-order valence-electron chi connectivity index (χ2n) is 4.36. The number of nitrogens with zero attached hydrogens (tertiary/aromatic N) is 1. The lowest BCUT2D eigenvalue weighted by molar-refractivity contribution is 0.103. The van der Waals surface area contributed by atoms with Crippen molar-refractivity contribution < 1.29 is 4.79 Å². The average Bonchev–Trinajstić information content (AvgIpc) is 2.97. The Kier molecular flexibility index (Phi) is 3.48. The number of benzene rings is 2. The number of H-pyrrole nitrogens is 1. The molecule has 3 aromatic rings. The number of carbonyl (C=O) groups excluding carboxylic acids is 1. The highest BCUT2D eigenvalue weighted by Gasteiger charge is 2.16. The monoisotopic (exact) mass is 326 g/mol. The molecule has 0 aliphatic rings. The molecule has 0 aliphatic heterocycles. The zero-order valence-electron chi connectivity index (χ0n) is 10.5. The number of ketones is 1. The molecule has 0 amide bonds. The standard InChI is InChI=1S/C16H11BrN2O/c17-13-8-6-11(7-9-13)15-14(10-18-19-15)16(20)12-4-2-1-3-5-12/h1-10H,(H,18,19). The van der Waals surface area contributed by atoms with Crippen LogP contribution in [0, 0.1) is 0 Å². The van der Waals surface area contributed by atoms with Crippen molar-refractivity contribution in [2.45, 2.75) is 0 Å². The third kappa shape index (κ3) is 2.42. The van der Waals surface area contributed by atoms with E-state index in [1.54, 1.807) is 18.3 Å². The van der Waals surface area contributed by atoms with E-state index >= 15 is 0 Å². The maximum absolute atomic E-state index is 12.5. The number of hydrogen-bond donors (Lipinski definition) is 1. The minimum atomic E-state index is -0.0303. The van der Waals surface area contributed by atoms with Crippen LogP contribution in [0.2, 0.25) is 0 Å². The van der Waals surface area contributed by atoms with Crippen LogP contribution in [0.25, 0.3) is 11.3 Å². The van der Waals surface area contributed by atoms with Gasteiger partial charge in [0, 0.05) is 15.6 Å². The van der Waals surface area contributed by atoms with Crippen molar-refractivity contribution in [3.05, 3.63) is 76.4 Å². The SMILES string of the molecule is O=C(c1ccccc1)c1cn[nH]c1-c1ccc(Br)cc1. The Hall–Kier alpha value is -2.20. The van der Waals surface area contributed by atoms with Gasteiger partial charge in [-0.2, -0.15) is 5.10 Å². The molecule has 2 aromatic carbocycles. The molecule has 1 heterocycles. The van der Waals surface area contributed by atoms with E-state index < -0.39 is 0 Å². The zero-order chi connectivity index (χ0) is 13.9. The van der Waals surface area contributed by atoms with Crippen molar-refractivity contribution in [3.8, 4) is 11.3 Å². The Labute approximate surface area is 124 Å². The van der Waals surface area contributed by atoms with Crippen molar-refractivity contribution in [2.24, 2.45) is 0 Å². The van der Waals surface area contributed by atoms with Gasteiger partial charge in [-0.3, -0.25) is 9.89 Å². The fourth-order valence-corrected chi connectivity index (χ4v) is 2.30. The molecule has 1 N–H and O–H groups in total. The first kappa shape index (κ1) is 12.8. The van der Waals surface area contributed by atoms with Crippen LogP contribution in [-0.4, -0.2) is 16.0 Å². The maximum Gasteiger partial charge on any atom is 0.196 e. The second-order valence-corrected chi connectivity index (χ2v) is 5.28. The van der Waals surface area contributed by atoms with Gasteiger partial charge in [0.2, 0.25) is 0 Å². The van der Waals surface area contributed by atoms with Crippen LogP contribution >= 0.6 is 15.9 Å². The van der Waals surface area contributed by atoms with Gasteiger partial charge in [-0.25, -0.2) is 0 Å². The molecule has 0 radical (unpaired) electrons. The Balaban J connectivity index is 2.02. The van der Waals surface area contributed by atoms with E-state index in [1.807, 2.05) is 42.5 Å². The molecule has 4 heteroatoms. The number of aromatic amines is 1. The lowest BCUT2D eigenvalue weighted by atomic mass is 10.0. The largest absolute Gasteiger partial charge is 0.288 e. The van der Waals surface area contributed by atoms with E-state index in [-0.39, 0.29) is 5.78 Å². The lowest BCUT2D eigenvalue weighted by Crippen LogP contribution is -2.01. The van der Waals surface area contributed by atoms with Gasteiger partial charge in [-0.15, -0.1) is 0 Å². The highest BCUT2D eigenvalue weighted by molar-refractivity contribution is 9.10. The summed E-state index contributed by atoms with van der Waals surface area (Å²) in [5.74, 6) is -0.0303. The third-order valence-corrected chi connectivity index (χ3v) is 3.58. The summed E-state index contributed by atoms with van der Waals surface area (Å²) in [6.07, 6.45) is 1.58. The van der Waals surface area contributed by atoms with Crippen LogP contribution in [0.5, 0.6) is 0 Å². The summed E-state index contributed by atoms with van der Waals surface area (Å²) in [4.78, 5) is 12.5. The van der Waals surface area contributed by atoms with Crippen molar-refractivity contribution in [1.82, 2.24) is 10.2 Å². The molecule has 98 valence electrons. The van der Waals surface area contributed by atoms with Gasteiger partial charge in [0.05, 0.1) is 17.5 Å². The molecule has 0 atom stereocenters. The van der Waals surface area contributed by atoms with Gasteiger partial charge in [-0.05, 0) is 12.1 Å². The molecule has 0 saturated carbocycles. The summed E-state index contributed by atoms with van der Waals surface area (Å²) in [5.41, 5.74) is 2.92. The quantitative estimate of drug-likeness (QED) is 0.737. The number of nitrogens with one attached hydrogen (secondary N) is 1. The zero-order valence-corrected chi connectivity index (χ0v) is 12.1. The van der Waals surface area contributed by atoms with Crippen LogP contribution in [0.4, 0.5) is 0 Å². The minimum absolute atomic E-state index is 0.0303. The number of hydrogen-bond acceptors (Lipinski definition) is 2. The average molecular weight is 327 g/mol. The van der Waals surface area contributed by atoms with Crippen LogP contribution in [0.15, 0.2) is 65.3 Å². The summed E-state index contributed by atoms with van der Waals surface area (Å²) in [6, 6.07) is 17.0. The van der Waals surface area contributed by atoms with Gasteiger partial charge < -0.3 is 0 Å². The van der Waals surface area contributed by atoms with Crippen molar-refractivity contribution >= 4 is 21.7 Å². The summed E-state index contributed by atoms with van der Waals surface area (Å²) in [5, 5.41) is 6.92. The van der Waals surface area contributed by atoms with Crippen LogP contribution < -0.4 is 0 Å². The first-order chi connectivity index (χ1) is 9.75. The van der Waals surface area contributed by atoms with E-state index in [4.69, 9.17) is 0 Å². The first-order valence-electron chi connectivity index (χ1n) is 6.15. The number of aromatic nitrogens is 2. The molecule has 0 spiro atoms. The van der Waals surface area contributed by atoms with E-state index in [2.05, 4.69) is 26.1 Å². The van der Waals surface area contributed by atoms with Crippen molar-refractivity contribution in [2.75, 3.05) is 0 Å². The predicted molar refractivity (Wildman–Crippen MR) is 81.6 cm³/mol. The molecule has 1 aromatic heterocycles. The van der Waals surface area contributed by atoms with Gasteiger partial charge in [0.15, 0.2) is 5.78 Å². The fraction of sp³-hybridized carbons (Fsp3) is 0. The summed E-state index contributed by atoms with van der Waals surface area (Å²) in [7, 11) is 0. The molecule has 3 nitrogen and oxygen atoms in total. The van der Waals surface area contributed by atoms with E-state index in [0.717, 1.165) is 15.7 Å². The van der Waals surface area contributed by atoms with Crippen molar-refractivity contribution in [1.29, 1.82) is 0 Å². The molecule has 0 saturated heterocycles. The summed E-state index contributed by atoms with van der Waals surface area (Å²) in [6.45, 7) is 0. The summed E-state index contributed by atoms with van der Waals surface area (Å²) >= 11 is 3.40. The smallest absolute Gasteiger partial charge is 0.196 e. The Morgan fingerprint density at radius 3 is 2.40 bits per heavy atom. The molecule has 0 aliphatic carbocycles. The van der Waals surface area contributed by atoms with Crippen molar-refractivity contribution in [3.63, 3.8) is 0 Å². The van der Waals surface area contributed by atoms with Gasteiger partial charge in [0.25, 0.3) is 0 Å². The summed E-state index contributed by atoms with van der Waals surface area (Å²) < 4.78 is 0.997. The van der Waals surface area contributed by atoms with Crippen LogP contribution in [0.3, 0.4) is 0 Å². The molecular weight excluding hydrogens is 316 g/mol. The maximum atomic E-state index is 12.5. The fourth-order valence-electron chi connectivity index (χ4n) is 2.04. The Morgan fingerprint density at radius 2 is 1.70 bits per heavy atom. The Bertz CT molecular complexity index is 733. The minimum Gasteiger partial charge on any atom is -0.288 e. The highest BCUT2D eigenvalue weighted by Crippen LogP contribution is 2.24. The predicted octanol–water partition coefficient (Wildman–Crippen LogP) is 4.07. The van der Waals surface area contributed by atoms with Gasteiger partial charge in [-0.1, -0.05) is 58.4 Å². The molecule has 20 heavy (non-hydrogen) atoms. The van der Waals surface area contributed by atoms with Crippen LogP contribution in [0.1, 0.15) is 15.9 Å². The molecule has 3 rings (SSSR count). The molecular formula is C16H11BrN2O. The molecule has 0 unspecified atom stereocenters. The second kappa shape index (κ2) is 5.43.